The summed E-state index contributed by atoms with van der Waals surface area (Å²) in [5, 5.41) is 7.82. The SMILES string of the molecule is CCc1ccc([C@@H](C)NC[C@@H](c2cnn(C)c2)N(C)C)o1. The third-order valence-electron chi connectivity index (χ3n) is 3.81. The molecule has 2 atom stereocenters. The Morgan fingerprint density at radius 3 is 2.67 bits per heavy atom. The molecule has 1 N–H and O–H groups in total. The number of nitrogens with zero attached hydrogens (tertiary/aromatic N) is 3. The zero-order valence-corrected chi connectivity index (χ0v) is 13.6. The van der Waals surface area contributed by atoms with E-state index in [1.54, 1.807) is 0 Å². The Morgan fingerprint density at radius 2 is 2.14 bits per heavy atom. The third-order valence-corrected chi connectivity index (χ3v) is 3.81. The largest absolute Gasteiger partial charge is 0.464 e. The number of nitrogens with one attached hydrogen (secondary N) is 1. The summed E-state index contributed by atoms with van der Waals surface area (Å²) >= 11 is 0. The molecule has 0 aliphatic heterocycles. The van der Waals surface area contributed by atoms with Crippen molar-refractivity contribution in [3.05, 3.63) is 41.6 Å². The Labute approximate surface area is 126 Å². The third kappa shape index (κ3) is 3.95. The number of hydrogen-bond donors (Lipinski definition) is 1. The van der Waals surface area contributed by atoms with Gasteiger partial charge in [-0.3, -0.25) is 4.68 Å². The highest BCUT2D eigenvalue weighted by molar-refractivity contribution is 5.13. The van der Waals surface area contributed by atoms with Crippen LogP contribution in [-0.2, 0) is 13.5 Å². The summed E-state index contributed by atoms with van der Waals surface area (Å²) in [7, 11) is 6.12. The molecule has 0 amide bonds. The topological polar surface area (TPSA) is 46.2 Å². The first-order valence-corrected chi connectivity index (χ1v) is 7.48. The number of hydrogen-bond acceptors (Lipinski definition) is 4. The number of likely N-dealkylation sites (N-methyl/N-ethyl adjacent to an activating group) is 1. The summed E-state index contributed by atoms with van der Waals surface area (Å²) < 4.78 is 7.65. The van der Waals surface area contributed by atoms with E-state index in [1.807, 2.05) is 17.9 Å². The molecule has 0 spiro atoms. The molecular formula is C16H26N4O. The molecule has 0 saturated heterocycles. The highest BCUT2D eigenvalue weighted by atomic mass is 16.3. The first kappa shape index (κ1) is 15.8. The molecule has 0 aliphatic carbocycles. The maximum atomic E-state index is 5.80. The first-order chi connectivity index (χ1) is 10.0. The minimum absolute atomic E-state index is 0.199. The smallest absolute Gasteiger partial charge is 0.120 e. The average molecular weight is 290 g/mol. The van der Waals surface area contributed by atoms with Crippen molar-refractivity contribution >= 4 is 0 Å². The quantitative estimate of drug-likeness (QED) is 0.851. The predicted molar refractivity (Wildman–Crippen MR) is 84.1 cm³/mol. The Balaban J connectivity index is 1.98. The number of furan rings is 1. The molecule has 2 heterocycles. The van der Waals surface area contributed by atoms with E-state index in [0.717, 1.165) is 24.5 Å². The lowest BCUT2D eigenvalue weighted by molar-refractivity contribution is 0.275. The molecule has 5 heteroatoms. The average Bonchev–Trinajstić information content (AvgIpc) is 3.07. The lowest BCUT2D eigenvalue weighted by atomic mass is 10.1. The van der Waals surface area contributed by atoms with Crippen molar-refractivity contribution in [3.8, 4) is 0 Å². The Morgan fingerprint density at radius 1 is 1.38 bits per heavy atom. The van der Waals surface area contributed by atoms with Gasteiger partial charge in [0.05, 0.1) is 12.2 Å². The van der Waals surface area contributed by atoms with Gasteiger partial charge in [0, 0.05) is 37.8 Å². The molecule has 21 heavy (non-hydrogen) atoms. The van der Waals surface area contributed by atoms with E-state index >= 15 is 0 Å². The van der Waals surface area contributed by atoms with Crippen LogP contribution >= 0.6 is 0 Å². The number of aromatic nitrogens is 2. The van der Waals surface area contributed by atoms with Crippen LogP contribution in [0.5, 0.6) is 0 Å². The normalized spacial score (nSPS) is 14.6. The van der Waals surface area contributed by atoms with Crippen molar-refractivity contribution < 1.29 is 4.42 Å². The van der Waals surface area contributed by atoms with Crippen LogP contribution in [0.3, 0.4) is 0 Å². The fraction of sp³-hybridized carbons (Fsp3) is 0.562. The summed E-state index contributed by atoms with van der Waals surface area (Å²) in [5.74, 6) is 2.03. The minimum Gasteiger partial charge on any atom is -0.464 e. The van der Waals surface area contributed by atoms with Crippen LogP contribution in [0, 0.1) is 0 Å². The van der Waals surface area contributed by atoms with Crippen molar-refractivity contribution in [2.45, 2.75) is 32.4 Å². The molecule has 2 aromatic rings. The number of rotatable bonds is 7. The summed E-state index contributed by atoms with van der Waals surface area (Å²) in [4.78, 5) is 2.20. The zero-order valence-electron chi connectivity index (χ0n) is 13.6. The second-order valence-corrected chi connectivity index (χ2v) is 5.71. The van der Waals surface area contributed by atoms with Gasteiger partial charge in [0.25, 0.3) is 0 Å². The highest BCUT2D eigenvalue weighted by Crippen LogP contribution is 2.20. The van der Waals surface area contributed by atoms with Crippen LogP contribution in [0.2, 0.25) is 0 Å². The molecule has 0 fully saturated rings. The van der Waals surface area contributed by atoms with Crippen LogP contribution in [0.15, 0.2) is 28.9 Å². The molecule has 0 unspecified atom stereocenters. The van der Waals surface area contributed by atoms with Gasteiger partial charge in [-0.25, -0.2) is 0 Å². The summed E-state index contributed by atoms with van der Waals surface area (Å²) in [6, 6.07) is 4.61. The molecule has 0 aromatic carbocycles. The van der Waals surface area contributed by atoms with Gasteiger partial charge in [-0.05, 0) is 33.2 Å². The fourth-order valence-electron chi connectivity index (χ4n) is 2.42. The second-order valence-electron chi connectivity index (χ2n) is 5.71. The van der Waals surface area contributed by atoms with Crippen molar-refractivity contribution in [3.63, 3.8) is 0 Å². The maximum Gasteiger partial charge on any atom is 0.120 e. The van der Waals surface area contributed by atoms with E-state index in [1.165, 1.54) is 5.56 Å². The molecule has 0 saturated carbocycles. The summed E-state index contributed by atoms with van der Waals surface area (Å²) in [6.45, 7) is 5.08. The lowest BCUT2D eigenvalue weighted by Crippen LogP contribution is -2.32. The van der Waals surface area contributed by atoms with Crippen LogP contribution in [0.1, 0.15) is 43.0 Å². The van der Waals surface area contributed by atoms with Crippen molar-refractivity contribution in [2.24, 2.45) is 7.05 Å². The van der Waals surface area contributed by atoms with Crippen molar-refractivity contribution in [1.82, 2.24) is 20.0 Å². The van der Waals surface area contributed by atoms with Crippen LogP contribution in [-0.4, -0.2) is 35.3 Å². The van der Waals surface area contributed by atoms with Gasteiger partial charge in [-0.15, -0.1) is 0 Å². The first-order valence-electron chi connectivity index (χ1n) is 7.48. The van der Waals surface area contributed by atoms with Gasteiger partial charge >= 0.3 is 0 Å². The maximum absolute atomic E-state index is 5.80. The van der Waals surface area contributed by atoms with Gasteiger partial charge in [-0.2, -0.15) is 5.10 Å². The molecule has 2 rings (SSSR count). The predicted octanol–water partition coefficient (Wildman–Crippen LogP) is 2.53. The van der Waals surface area contributed by atoms with Gasteiger partial charge < -0.3 is 14.6 Å². The van der Waals surface area contributed by atoms with Gasteiger partial charge in [0.2, 0.25) is 0 Å². The van der Waals surface area contributed by atoms with E-state index < -0.39 is 0 Å². The Kier molecular flexibility index (Phi) is 5.20. The molecule has 5 nitrogen and oxygen atoms in total. The molecule has 0 aliphatic rings. The Bertz CT molecular complexity index is 558. The molecule has 116 valence electrons. The van der Waals surface area contributed by atoms with Crippen LogP contribution in [0.4, 0.5) is 0 Å². The van der Waals surface area contributed by atoms with E-state index in [2.05, 4.69) is 61.6 Å². The van der Waals surface area contributed by atoms with Gasteiger partial charge in [-0.1, -0.05) is 6.92 Å². The van der Waals surface area contributed by atoms with E-state index in [4.69, 9.17) is 4.42 Å². The van der Waals surface area contributed by atoms with E-state index in [0.29, 0.717) is 6.04 Å². The summed E-state index contributed by atoms with van der Waals surface area (Å²) in [6.07, 6.45) is 4.93. The van der Waals surface area contributed by atoms with Gasteiger partial charge in [0.1, 0.15) is 11.5 Å². The Hall–Kier alpha value is -1.59. The van der Waals surface area contributed by atoms with Crippen LogP contribution < -0.4 is 5.32 Å². The highest BCUT2D eigenvalue weighted by Gasteiger charge is 2.18. The minimum atomic E-state index is 0.199. The zero-order chi connectivity index (χ0) is 15.4. The molecule has 2 aromatic heterocycles. The number of aryl methyl sites for hydroxylation is 2. The van der Waals surface area contributed by atoms with Crippen molar-refractivity contribution in [2.75, 3.05) is 20.6 Å². The van der Waals surface area contributed by atoms with E-state index in [9.17, 15) is 0 Å². The van der Waals surface area contributed by atoms with Gasteiger partial charge in [0.15, 0.2) is 0 Å². The summed E-state index contributed by atoms with van der Waals surface area (Å²) in [5.41, 5.74) is 1.22. The standard InChI is InChI=1S/C16H26N4O/c1-6-14-7-8-16(21-14)12(2)17-10-15(19(3)4)13-9-18-20(5)11-13/h7-9,11-12,15,17H,6,10H2,1-5H3/t12-,15+/m1/s1. The fourth-order valence-corrected chi connectivity index (χ4v) is 2.42. The second kappa shape index (κ2) is 6.91. The molecule has 0 bridgehead atoms. The molecule has 0 radical (unpaired) electrons. The monoisotopic (exact) mass is 290 g/mol. The lowest BCUT2D eigenvalue weighted by Gasteiger charge is -2.25. The van der Waals surface area contributed by atoms with Crippen molar-refractivity contribution in [1.29, 1.82) is 0 Å². The van der Waals surface area contributed by atoms with E-state index in [-0.39, 0.29) is 6.04 Å². The van der Waals surface area contributed by atoms with Crippen LogP contribution in [0.25, 0.3) is 0 Å². The molecular weight excluding hydrogens is 264 g/mol.